The molecule has 8 nitrogen and oxygen atoms in total. The molecule has 0 saturated heterocycles. The number of carbonyl (C=O) groups is 1. The first-order chi connectivity index (χ1) is 14.1. The number of hydrogen-bond donors (Lipinski definition) is 1. The van der Waals surface area contributed by atoms with Gasteiger partial charge in [-0.3, -0.25) is 14.9 Å². The molecular formula is C21H22FN5O3. The SMILES string of the molecule is Cc1nn(C(C)(C)C)c2nc(C3CC3)cc(C(=O)Nc3cc([N+](=O)[O-])ccc3F)c12. The third-order valence-corrected chi connectivity index (χ3v) is 5.12. The van der Waals surface area contributed by atoms with Gasteiger partial charge in [0.05, 0.1) is 32.8 Å². The van der Waals surface area contributed by atoms with Gasteiger partial charge < -0.3 is 5.32 Å². The van der Waals surface area contributed by atoms with E-state index in [1.54, 1.807) is 17.7 Å². The Hall–Kier alpha value is -3.36. The monoisotopic (exact) mass is 411 g/mol. The number of aromatic nitrogens is 3. The van der Waals surface area contributed by atoms with Gasteiger partial charge in [-0.1, -0.05) is 0 Å². The van der Waals surface area contributed by atoms with Crippen LogP contribution in [0, 0.1) is 22.9 Å². The van der Waals surface area contributed by atoms with Crippen LogP contribution in [0.1, 0.15) is 61.3 Å². The molecule has 0 atom stereocenters. The summed E-state index contributed by atoms with van der Waals surface area (Å²) in [6.07, 6.45) is 2.00. The normalized spacial score (nSPS) is 14.2. The fraction of sp³-hybridized carbons (Fsp3) is 0.381. The van der Waals surface area contributed by atoms with E-state index >= 15 is 0 Å². The summed E-state index contributed by atoms with van der Waals surface area (Å²) in [5.41, 5.74) is 1.49. The van der Waals surface area contributed by atoms with E-state index in [9.17, 15) is 19.3 Å². The highest BCUT2D eigenvalue weighted by Gasteiger charge is 2.30. The summed E-state index contributed by atoms with van der Waals surface area (Å²) >= 11 is 0. The molecule has 4 rings (SSSR count). The lowest BCUT2D eigenvalue weighted by Gasteiger charge is -2.20. The minimum absolute atomic E-state index is 0.243. The molecule has 1 N–H and O–H groups in total. The molecule has 1 amide bonds. The van der Waals surface area contributed by atoms with E-state index in [2.05, 4.69) is 10.4 Å². The third-order valence-electron chi connectivity index (χ3n) is 5.12. The van der Waals surface area contributed by atoms with Gasteiger partial charge in [0.1, 0.15) is 5.82 Å². The Kier molecular flexibility index (Phi) is 4.56. The number of pyridine rings is 1. The Balaban J connectivity index is 1.84. The fourth-order valence-electron chi connectivity index (χ4n) is 3.46. The molecule has 0 aliphatic heterocycles. The highest BCUT2D eigenvalue weighted by Crippen LogP contribution is 2.41. The first kappa shape index (κ1) is 19.9. The maximum atomic E-state index is 14.2. The number of benzene rings is 1. The summed E-state index contributed by atoms with van der Waals surface area (Å²) in [7, 11) is 0. The highest BCUT2D eigenvalue weighted by atomic mass is 19.1. The highest BCUT2D eigenvalue weighted by molar-refractivity contribution is 6.12. The maximum Gasteiger partial charge on any atom is 0.271 e. The van der Waals surface area contributed by atoms with Gasteiger partial charge in [0.25, 0.3) is 11.6 Å². The zero-order valence-corrected chi connectivity index (χ0v) is 17.2. The van der Waals surface area contributed by atoms with Crippen molar-refractivity contribution in [2.24, 2.45) is 0 Å². The van der Waals surface area contributed by atoms with Gasteiger partial charge in [0.2, 0.25) is 0 Å². The average Bonchev–Trinajstić information content (AvgIpc) is 3.45. The first-order valence-electron chi connectivity index (χ1n) is 9.72. The van der Waals surface area contributed by atoms with Crippen LogP contribution < -0.4 is 5.32 Å². The van der Waals surface area contributed by atoms with E-state index in [1.165, 1.54) is 0 Å². The smallest absolute Gasteiger partial charge is 0.271 e. The molecule has 9 heteroatoms. The number of hydrogen-bond acceptors (Lipinski definition) is 5. The van der Waals surface area contributed by atoms with Crippen molar-refractivity contribution in [2.75, 3.05) is 5.32 Å². The largest absolute Gasteiger partial charge is 0.319 e. The minimum atomic E-state index is -0.747. The Morgan fingerprint density at radius 3 is 2.60 bits per heavy atom. The second kappa shape index (κ2) is 6.86. The molecule has 1 saturated carbocycles. The zero-order chi connectivity index (χ0) is 21.8. The van der Waals surface area contributed by atoms with Crippen LogP contribution in [0.2, 0.25) is 0 Å². The maximum absolute atomic E-state index is 14.2. The predicted octanol–water partition coefficient (Wildman–Crippen LogP) is 4.67. The lowest BCUT2D eigenvalue weighted by atomic mass is 10.1. The molecule has 3 aromatic rings. The number of non-ortho nitro benzene ring substituents is 1. The summed E-state index contributed by atoms with van der Waals surface area (Å²) in [5.74, 6) is -1.01. The molecule has 1 aliphatic rings. The van der Waals surface area contributed by atoms with Crippen molar-refractivity contribution in [1.29, 1.82) is 0 Å². The Morgan fingerprint density at radius 1 is 1.30 bits per heavy atom. The third kappa shape index (κ3) is 3.51. The van der Waals surface area contributed by atoms with Crippen LogP contribution in [-0.4, -0.2) is 25.6 Å². The van der Waals surface area contributed by atoms with Crippen molar-refractivity contribution >= 4 is 28.3 Å². The number of rotatable bonds is 4. The van der Waals surface area contributed by atoms with Crippen LogP contribution in [0.4, 0.5) is 15.8 Å². The minimum Gasteiger partial charge on any atom is -0.319 e. The van der Waals surface area contributed by atoms with E-state index in [0.29, 0.717) is 28.2 Å². The molecule has 1 aliphatic carbocycles. The number of anilines is 1. The summed E-state index contributed by atoms with van der Waals surface area (Å²) in [6, 6.07) is 4.76. The van der Waals surface area contributed by atoms with Crippen molar-refractivity contribution in [2.45, 2.75) is 52.0 Å². The standard InChI is InChI=1S/C21H22FN5O3/c1-11-18-14(20(28)24-17-9-13(27(29)30)7-8-15(17)22)10-16(12-5-6-12)23-19(18)26(25-11)21(2,3)4/h7-10,12H,5-6H2,1-4H3,(H,24,28). The van der Waals surface area contributed by atoms with Gasteiger partial charge >= 0.3 is 0 Å². The second-order valence-corrected chi connectivity index (χ2v) is 8.61. The number of nitro benzene ring substituents is 1. The van der Waals surface area contributed by atoms with Crippen LogP contribution in [0.5, 0.6) is 0 Å². The van der Waals surface area contributed by atoms with Crippen molar-refractivity contribution in [1.82, 2.24) is 14.8 Å². The number of amides is 1. The summed E-state index contributed by atoms with van der Waals surface area (Å²) in [6.45, 7) is 7.81. The number of nitrogens with zero attached hydrogens (tertiary/aromatic N) is 4. The number of carbonyl (C=O) groups excluding carboxylic acids is 1. The average molecular weight is 411 g/mol. The first-order valence-corrected chi connectivity index (χ1v) is 9.72. The predicted molar refractivity (Wildman–Crippen MR) is 110 cm³/mol. The lowest BCUT2D eigenvalue weighted by molar-refractivity contribution is -0.384. The molecule has 30 heavy (non-hydrogen) atoms. The van der Waals surface area contributed by atoms with Gasteiger partial charge in [0.15, 0.2) is 5.65 Å². The topological polar surface area (TPSA) is 103 Å². The molecule has 0 unspecified atom stereocenters. The van der Waals surface area contributed by atoms with Gasteiger partial charge in [-0.15, -0.1) is 0 Å². The van der Waals surface area contributed by atoms with E-state index in [0.717, 1.165) is 36.7 Å². The van der Waals surface area contributed by atoms with Crippen LogP contribution in [0.15, 0.2) is 24.3 Å². The Morgan fingerprint density at radius 2 is 2.00 bits per heavy atom. The summed E-state index contributed by atoms with van der Waals surface area (Å²) < 4.78 is 16.0. The Bertz CT molecular complexity index is 1190. The lowest BCUT2D eigenvalue weighted by Crippen LogP contribution is -2.24. The van der Waals surface area contributed by atoms with Crippen molar-refractivity contribution in [3.63, 3.8) is 0 Å². The van der Waals surface area contributed by atoms with Gasteiger partial charge in [-0.2, -0.15) is 5.10 Å². The molecule has 1 fully saturated rings. The van der Waals surface area contributed by atoms with E-state index in [4.69, 9.17) is 4.98 Å². The molecule has 2 aromatic heterocycles. The van der Waals surface area contributed by atoms with Crippen LogP contribution in [0.25, 0.3) is 11.0 Å². The van der Waals surface area contributed by atoms with E-state index < -0.39 is 16.6 Å². The van der Waals surface area contributed by atoms with Crippen molar-refractivity contribution < 1.29 is 14.1 Å². The number of fused-ring (bicyclic) bond motifs is 1. The molecular weight excluding hydrogens is 389 g/mol. The molecule has 0 spiro atoms. The van der Waals surface area contributed by atoms with Crippen molar-refractivity contribution in [3.8, 4) is 0 Å². The van der Waals surface area contributed by atoms with Gasteiger partial charge in [-0.05, 0) is 52.7 Å². The molecule has 156 valence electrons. The van der Waals surface area contributed by atoms with E-state index in [-0.39, 0.29) is 16.9 Å². The zero-order valence-electron chi connectivity index (χ0n) is 17.2. The second-order valence-electron chi connectivity index (χ2n) is 8.61. The molecule has 1 aromatic carbocycles. The summed E-state index contributed by atoms with van der Waals surface area (Å²) in [5, 5.41) is 18.7. The number of aryl methyl sites for hydroxylation is 1. The fourth-order valence-corrected chi connectivity index (χ4v) is 3.46. The quantitative estimate of drug-likeness (QED) is 0.496. The molecule has 2 heterocycles. The Labute approximate surface area is 172 Å². The van der Waals surface area contributed by atoms with Crippen molar-refractivity contribution in [3.05, 3.63) is 57.1 Å². The van der Waals surface area contributed by atoms with Crippen LogP contribution >= 0.6 is 0 Å². The van der Waals surface area contributed by atoms with Crippen LogP contribution in [0.3, 0.4) is 0 Å². The molecule has 0 radical (unpaired) electrons. The van der Waals surface area contributed by atoms with Crippen LogP contribution in [-0.2, 0) is 5.54 Å². The molecule has 0 bridgehead atoms. The van der Waals surface area contributed by atoms with E-state index in [1.807, 2.05) is 20.8 Å². The van der Waals surface area contributed by atoms with Gasteiger partial charge in [0, 0.05) is 23.7 Å². The summed E-state index contributed by atoms with van der Waals surface area (Å²) in [4.78, 5) is 28.3. The van der Waals surface area contributed by atoms with Gasteiger partial charge in [-0.25, -0.2) is 14.1 Å². The number of nitro groups is 1. The number of nitrogens with one attached hydrogen (secondary N) is 1. The number of halogens is 1.